The maximum absolute atomic E-state index is 13.5. The van der Waals surface area contributed by atoms with Crippen LogP contribution in [0.5, 0.6) is 0 Å². The summed E-state index contributed by atoms with van der Waals surface area (Å²) in [6, 6.07) is 3.18. The van der Waals surface area contributed by atoms with Crippen LogP contribution in [0.3, 0.4) is 0 Å². The Morgan fingerprint density at radius 1 is 1.29 bits per heavy atom. The first-order valence-electron chi connectivity index (χ1n) is 12.3. The zero-order chi connectivity index (χ0) is 28.4. The number of alkyl halides is 1. The average molecular weight is 550 g/mol. The van der Waals surface area contributed by atoms with Crippen molar-refractivity contribution >= 4 is 41.1 Å². The summed E-state index contributed by atoms with van der Waals surface area (Å²) in [6.45, 7) is 2.80. The van der Waals surface area contributed by atoms with Crippen LogP contribution in [0.25, 0.3) is 0 Å². The Morgan fingerprint density at radius 3 is 2.61 bits per heavy atom. The van der Waals surface area contributed by atoms with E-state index in [1.54, 1.807) is 13.8 Å². The number of likely N-dealkylation sites (tertiary alicyclic amines) is 1. The van der Waals surface area contributed by atoms with Crippen LogP contribution in [-0.2, 0) is 14.4 Å². The molecule has 0 aliphatic carbocycles. The van der Waals surface area contributed by atoms with E-state index in [1.807, 2.05) is 6.07 Å². The number of nitrogens with zero attached hydrogens (tertiary/aromatic N) is 2. The van der Waals surface area contributed by atoms with E-state index in [-0.39, 0.29) is 47.5 Å². The quantitative estimate of drug-likeness (QED) is 0.148. The van der Waals surface area contributed by atoms with Gasteiger partial charge in [-0.1, -0.05) is 25.4 Å². The molecule has 0 saturated carbocycles. The summed E-state index contributed by atoms with van der Waals surface area (Å²) >= 11 is 5.94. The Balaban J connectivity index is 2.12. The monoisotopic (exact) mass is 549 g/mol. The summed E-state index contributed by atoms with van der Waals surface area (Å²) < 4.78 is 13.1. The Morgan fingerprint density at radius 2 is 2.00 bits per heavy atom. The van der Waals surface area contributed by atoms with Crippen LogP contribution in [0, 0.1) is 22.7 Å². The normalized spacial score (nSPS) is 16.3. The van der Waals surface area contributed by atoms with Gasteiger partial charge in [-0.05, 0) is 49.8 Å². The predicted molar refractivity (Wildman–Crippen MR) is 139 cm³/mol. The van der Waals surface area contributed by atoms with Crippen molar-refractivity contribution in [3.63, 3.8) is 0 Å². The third-order valence-corrected chi connectivity index (χ3v) is 6.56. The summed E-state index contributed by atoms with van der Waals surface area (Å²) in [5, 5.41) is 24.4. The number of nitriles is 1. The summed E-state index contributed by atoms with van der Waals surface area (Å²) in [7, 11) is 0. The second-order valence-corrected chi connectivity index (χ2v) is 9.74. The molecule has 38 heavy (non-hydrogen) atoms. The van der Waals surface area contributed by atoms with Crippen LogP contribution >= 0.6 is 11.6 Å². The van der Waals surface area contributed by atoms with Crippen molar-refractivity contribution < 1.29 is 23.6 Å². The fourth-order valence-electron chi connectivity index (χ4n) is 4.18. The number of nitrogens with two attached hydrogens (primary N) is 1. The number of benzene rings is 1. The van der Waals surface area contributed by atoms with E-state index in [0.29, 0.717) is 19.3 Å². The molecule has 3 atom stereocenters. The Bertz CT molecular complexity index is 1110. The molecule has 0 radical (unpaired) electrons. The minimum absolute atomic E-state index is 0.123. The second-order valence-electron chi connectivity index (χ2n) is 9.34. The molecule has 0 bridgehead atoms. The molecule has 1 heterocycles. The van der Waals surface area contributed by atoms with Gasteiger partial charge in [0.1, 0.15) is 24.8 Å². The lowest BCUT2D eigenvalue weighted by Gasteiger charge is -2.31. The summed E-state index contributed by atoms with van der Waals surface area (Å²) in [6.07, 6.45) is 1.37. The van der Waals surface area contributed by atoms with E-state index in [9.17, 15) is 28.8 Å². The highest BCUT2D eigenvalue weighted by Crippen LogP contribution is 2.22. The lowest BCUT2D eigenvalue weighted by atomic mass is 10.0. The number of ketones is 1. The molecule has 11 nitrogen and oxygen atoms in total. The number of hydrogen-bond donors (Lipinski definition) is 5. The van der Waals surface area contributed by atoms with Crippen molar-refractivity contribution in [3.8, 4) is 6.07 Å². The number of Topliss-reactive ketones (excluding diaryl/α,β-unsaturated/α-hetero) is 1. The third-order valence-electron chi connectivity index (χ3n) is 6.23. The van der Waals surface area contributed by atoms with Crippen LogP contribution in [0.1, 0.15) is 55.5 Å². The lowest BCUT2D eigenvalue weighted by molar-refractivity contribution is -0.141. The molecule has 1 aromatic carbocycles. The molecule has 13 heteroatoms. The van der Waals surface area contributed by atoms with Crippen molar-refractivity contribution in [3.05, 3.63) is 34.3 Å². The Labute approximate surface area is 225 Å². The zero-order valence-corrected chi connectivity index (χ0v) is 22.1. The molecule has 3 amide bonds. The predicted octanol–water partition coefficient (Wildman–Crippen LogP) is 1.24. The fraction of sp³-hybridized carbons (Fsp3) is 0.520. The van der Waals surface area contributed by atoms with E-state index < -0.39 is 48.3 Å². The molecule has 0 spiro atoms. The summed E-state index contributed by atoms with van der Waals surface area (Å²) in [4.78, 5) is 52.9. The van der Waals surface area contributed by atoms with Crippen molar-refractivity contribution in [2.24, 2.45) is 11.7 Å². The van der Waals surface area contributed by atoms with E-state index in [2.05, 4.69) is 16.0 Å². The van der Waals surface area contributed by atoms with Gasteiger partial charge >= 0.3 is 0 Å². The van der Waals surface area contributed by atoms with E-state index in [1.165, 1.54) is 23.1 Å². The number of carbonyl (C=O) groups is 4. The standard InChI is InChI=1S/C25H33ClFN7O4/c1-14(2)21(33-22(36)15-7-8-17(26)16(11-15)13-28)24(38)34-10-4-6-19(34)23(37)32-18(20(35)12-27)5-3-9-31-25(29)30/h7-8,11,14,18-19,21H,3-6,9-10,12H2,1-2H3,(H,32,37)(H,33,36)(H4,29,30,31)/t18-,19-,21-/m0/s1. The minimum atomic E-state index is -1.25. The lowest BCUT2D eigenvalue weighted by Crippen LogP contribution is -2.56. The van der Waals surface area contributed by atoms with Gasteiger partial charge in [0.2, 0.25) is 11.8 Å². The fourth-order valence-corrected chi connectivity index (χ4v) is 4.34. The second kappa shape index (κ2) is 14.3. The van der Waals surface area contributed by atoms with Crippen molar-refractivity contribution in [2.75, 3.05) is 19.8 Å². The van der Waals surface area contributed by atoms with Gasteiger partial charge in [-0.25, -0.2) is 4.39 Å². The number of carbonyl (C=O) groups excluding carboxylic acids is 4. The molecule has 6 N–H and O–H groups in total. The molecule has 1 fully saturated rings. The van der Waals surface area contributed by atoms with Crippen molar-refractivity contribution in [1.82, 2.24) is 20.9 Å². The SMILES string of the molecule is CC(C)[C@H](NC(=O)c1ccc(Cl)c(C#N)c1)C(=O)N1CCC[C@H]1C(=O)N[C@@H](CCCNC(=N)N)C(=O)CF. The number of guanidine groups is 1. The van der Waals surface area contributed by atoms with Gasteiger partial charge in [-0.3, -0.25) is 24.6 Å². The maximum atomic E-state index is 13.5. The van der Waals surface area contributed by atoms with Crippen LogP contribution in [0.2, 0.25) is 5.02 Å². The number of halogens is 2. The molecule has 1 aliphatic heterocycles. The van der Waals surface area contributed by atoms with Crippen molar-refractivity contribution in [1.29, 1.82) is 10.7 Å². The van der Waals surface area contributed by atoms with Gasteiger partial charge in [0, 0.05) is 18.7 Å². The largest absolute Gasteiger partial charge is 0.370 e. The molecule has 1 aromatic rings. The number of hydrogen-bond acceptors (Lipinski definition) is 6. The van der Waals surface area contributed by atoms with Crippen LogP contribution in [0.4, 0.5) is 4.39 Å². The van der Waals surface area contributed by atoms with Crippen LogP contribution in [-0.4, -0.2) is 72.3 Å². The van der Waals surface area contributed by atoms with Gasteiger partial charge in [-0.15, -0.1) is 0 Å². The van der Waals surface area contributed by atoms with Gasteiger partial charge in [0.25, 0.3) is 5.91 Å². The topological polar surface area (TPSA) is 181 Å². The third kappa shape index (κ3) is 8.14. The first kappa shape index (κ1) is 30.5. The number of nitrogens with one attached hydrogen (secondary N) is 4. The first-order valence-corrected chi connectivity index (χ1v) is 12.7. The highest BCUT2D eigenvalue weighted by atomic mass is 35.5. The molecule has 1 aliphatic rings. The molecule has 206 valence electrons. The smallest absolute Gasteiger partial charge is 0.251 e. The molecule has 2 rings (SSSR count). The molecule has 1 saturated heterocycles. The highest BCUT2D eigenvalue weighted by molar-refractivity contribution is 6.31. The van der Waals surface area contributed by atoms with Gasteiger partial charge in [0.05, 0.1) is 16.6 Å². The molecule has 0 unspecified atom stereocenters. The number of rotatable bonds is 12. The van der Waals surface area contributed by atoms with E-state index >= 15 is 0 Å². The summed E-state index contributed by atoms with van der Waals surface area (Å²) in [5.41, 5.74) is 5.51. The number of amides is 3. The van der Waals surface area contributed by atoms with E-state index in [4.69, 9.17) is 22.7 Å². The average Bonchev–Trinajstić information content (AvgIpc) is 3.38. The van der Waals surface area contributed by atoms with Crippen molar-refractivity contribution in [2.45, 2.75) is 57.7 Å². The first-order chi connectivity index (χ1) is 18.0. The molecular formula is C25H33ClFN7O4. The minimum Gasteiger partial charge on any atom is -0.370 e. The highest BCUT2D eigenvalue weighted by Gasteiger charge is 2.39. The summed E-state index contributed by atoms with van der Waals surface area (Å²) in [5.74, 6) is -2.96. The maximum Gasteiger partial charge on any atom is 0.251 e. The molecular weight excluding hydrogens is 517 g/mol. The Kier molecular flexibility index (Phi) is 11.5. The van der Waals surface area contributed by atoms with Gasteiger partial charge in [0.15, 0.2) is 11.7 Å². The van der Waals surface area contributed by atoms with E-state index in [0.717, 1.165) is 0 Å². The Hall–Kier alpha value is -3.72. The van der Waals surface area contributed by atoms with Gasteiger partial charge in [-0.2, -0.15) is 5.26 Å². The van der Waals surface area contributed by atoms with Crippen LogP contribution < -0.4 is 21.7 Å². The molecule has 0 aromatic heterocycles. The van der Waals surface area contributed by atoms with Gasteiger partial charge < -0.3 is 26.6 Å². The van der Waals surface area contributed by atoms with Crippen LogP contribution in [0.15, 0.2) is 18.2 Å². The zero-order valence-electron chi connectivity index (χ0n) is 21.4.